The molecular formula is C11H13BrN2OS. The van der Waals surface area contributed by atoms with Crippen LogP contribution in [0.5, 0.6) is 0 Å². The first-order valence-corrected chi connectivity index (χ1v) is 6.71. The normalized spacial score (nSPS) is 12.9. The third-order valence-electron chi connectivity index (χ3n) is 2.24. The lowest BCUT2D eigenvalue weighted by molar-refractivity contribution is 0.433. The first-order valence-electron chi connectivity index (χ1n) is 5.04. The first-order chi connectivity index (χ1) is 7.65. The molecule has 0 saturated carbocycles. The standard InChI is InChI=1S/C11H13BrN2OS/c1-7-4-14-11(15-7)5-13-8(2)10-3-9(12)6-16-10/h3-4,6,8,13H,5H2,1-2H3. The van der Waals surface area contributed by atoms with Gasteiger partial charge in [0.25, 0.3) is 0 Å². The van der Waals surface area contributed by atoms with Crippen molar-refractivity contribution in [1.82, 2.24) is 10.3 Å². The summed E-state index contributed by atoms with van der Waals surface area (Å²) < 4.78 is 6.53. The highest BCUT2D eigenvalue weighted by Gasteiger charge is 2.09. The molecular weight excluding hydrogens is 288 g/mol. The van der Waals surface area contributed by atoms with Crippen LogP contribution in [0.4, 0.5) is 0 Å². The molecule has 2 aromatic rings. The second-order valence-electron chi connectivity index (χ2n) is 3.63. The van der Waals surface area contributed by atoms with Gasteiger partial charge in [0.2, 0.25) is 5.89 Å². The molecule has 0 amide bonds. The molecule has 0 aromatic carbocycles. The minimum Gasteiger partial charge on any atom is -0.445 e. The SMILES string of the molecule is Cc1cnc(CNC(C)c2cc(Br)cs2)o1. The van der Waals surface area contributed by atoms with E-state index in [1.165, 1.54) is 4.88 Å². The number of nitrogens with zero attached hydrogens (tertiary/aromatic N) is 1. The summed E-state index contributed by atoms with van der Waals surface area (Å²) in [5, 5.41) is 5.46. The van der Waals surface area contributed by atoms with Gasteiger partial charge in [-0.15, -0.1) is 11.3 Å². The van der Waals surface area contributed by atoms with Crippen LogP contribution in [0, 0.1) is 6.92 Å². The van der Waals surface area contributed by atoms with E-state index in [-0.39, 0.29) is 0 Å². The van der Waals surface area contributed by atoms with Gasteiger partial charge in [-0.2, -0.15) is 0 Å². The van der Waals surface area contributed by atoms with Crippen LogP contribution in [0.2, 0.25) is 0 Å². The van der Waals surface area contributed by atoms with Crippen molar-refractivity contribution in [2.24, 2.45) is 0 Å². The molecule has 16 heavy (non-hydrogen) atoms. The topological polar surface area (TPSA) is 38.1 Å². The lowest BCUT2D eigenvalue weighted by Gasteiger charge is -2.09. The predicted octanol–water partition coefficient (Wildman–Crippen LogP) is 3.66. The third-order valence-corrected chi connectivity index (χ3v) is 4.12. The molecule has 0 aliphatic carbocycles. The van der Waals surface area contributed by atoms with Crippen LogP contribution >= 0.6 is 27.3 Å². The molecule has 3 nitrogen and oxygen atoms in total. The molecule has 0 radical (unpaired) electrons. The van der Waals surface area contributed by atoms with Crippen LogP contribution < -0.4 is 5.32 Å². The molecule has 2 aromatic heterocycles. The average Bonchev–Trinajstić information content (AvgIpc) is 2.84. The summed E-state index contributed by atoms with van der Waals surface area (Å²) in [5.41, 5.74) is 0. The van der Waals surface area contributed by atoms with Crippen LogP contribution in [0.15, 0.2) is 26.5 Å². The van der Waals surface area contributed by atoms with Crippen LogP contribution in [-0.4, -0.2) is 4.98 Å². The number of halogens is 1. The predicted molar refractivity (Wildman–Crippen MR) is 68.5 cm³/mol. The van der Waals surface area contributed by atoms with Gasteiger partial charge in [0.15, 0.2) is 0 Å². The highest BCUT2D eigenvalue weighted by atomic mass is 79.9. The Labute approximate surface area is 107 Å². The largest absolute Gasteiger partial charge is 0.445 e. The Morgan fingerprint density at radius 3 is 3.00 bits per heavy atom. The van der Waals surface area contributed by atoms with E-state index in [9.17, 15) is 0 Å². The van der Waals surface area contributed by atoms with Crippen molar-refractivity contribution in [2.45, 2.75) is 26.4 Å². The molecule has 0 aliphatic rings. The van der Waals surface area contributed by atoms with Crippen molar-refractivity contribution in [3.63, 3.8) is 0 Å². The average molecular weight is 301 g/mol. The lowest BCUT2D eigenvalue weighted by Crippen LogP contribution is -2.17. The van der Waals surface area contributed by atoms with Gasteiger partial charge in [0.1, 0.15) is 5.76 Å². The van der Waals surface area contributed by atoms with Gasteiger partial charge >= 0.3 is 0 Å². The molecule has 0 spiro atoms. The molecule has 0 bridgehead atoms. The quantitative estimate of drug-likeness (QED) is 0.936. The Balaban J connectivity index is 1.91. The third kappa shape index (κ3) is 2.93. The summed E-state index contributed by atoms with van der Waals surface area (Å²) in [6.07, 6.45) is 1.74. The zero-order valence-corrected chi connectivity index (χ0v) is 11.6. The summed E-state index contributed by atoms with van der Waals surface area (Å²) in [7, 11) is 0. The Hall–Kier alpha value is -0.650. The number of oxazole rings is 1. The highest BCUT2D eigenvalue weighted by Crippen LogP contribution is 2.25. The van der Waals surface area contributed by atoms with Crippen molar-refractivity contribution in [2.75, 3.05) is 0 Å². The molecule has 5 heteroatoms. The Bertz CT molecular complexity index is 466. The fraction of sp³-hybridized carbons (Fsp3) is 0.364. The summed E-state index contributed by atoms with van der Waals surface area (Å²) in [5.74, 6) is 1.59. The van der Waals surface area contributed by atoms with Crippen molar-refractivity contribution < 1.29 is 4.42 Å². The van der Waals surface area contributed by atoms with Crippen LogP contribution in [0.3, 0.4) is 0 Å². The maximum Gasteiger partial charge on any atom is 0.208 e. The number of aryl methyl sites for hydroxylation is 1. The van der Waals surface area contributed by atoms with Gasteiger partial charge < -0.3 is 9.73 Å². The van der Waals surface area contributed by atoms with Gasteiger partial charge in [-0.05, 0) is 35.8 Å². The Kier molecular flexibility index (Phi) is 3.78. The van der Waals surface area contributed by atoms with E-state index in [0.717, 1.165) is 16.1 Å². The molecule has 1 N–H and O–H groups in total. The molecule has 86 valence electrons. The van der Waals surface area contributed by atoms with E-state index in [4.69, 9.17) is 4.42 Å². The Morgan fingerprint density at radius 1 is 1.62 bits per heavy atom. The van der Waals surface area contributed by atoms with Gasteiger partial charge in [-0.1, -0.05) is 0 Å². The second kappa shape index (κ2) is 5.12. The summed E-state index contributed by atoms with van der Waals surface area (Å²) in [4.78, 5) is 5.45. The molecule has 0 saturated heterocycles. The molecule has 1 atom stereocenters. The number of aromatic nitrogens is 1. The lowest BCUT2D eigenvalue weighted by atomic mass is 10.3. The van der Waals surface area contributed by atoms with E-state index in [1.54, 1.807) is 17.5 Å². The summed E-state index contributed by atoms with van der Waals surface area (Å²) in [6, 6.07) is 2.44. The monoisotopic (exact) mass is 300 g/mol. The smallest absolute Gasteiger partial charge is 0.208 e. The minimum atomic E-state index is 0.309. The first kappa shape index (κ1) is 11.8. The van der Waals surface area contributed by atoms with E-state index in [1.807, 2.05) is 6.92 Å². The minimum absolute atomic E-state index is 0.309. The van der Waals surface area contributed by atoms with Crippen molar-refractivity contribution >= 4 is 27.3 Å². The fourth-order valence-electron chi connectivity index (χ4n) is 1.38. The van der Waals surface area contributed by atoms with Gasteiger partial charge in [0, 0.05) is 20.8 Å². The van der Waals surface area contributed by atoms with E-state index < -0.39 is 0 Å². The zero-order chi connectivity index (χ0) is 11.5. The fourth-order valence-corrected chi connectivity index (χ4v) is 2.86. The summed E-state index contributed by atoms with van der Waals surface area (Å²) in [6.45, 7) is 4.69. The van der Waals surface area contributed by atoms with Gasteiger partial charge in [0.05, 0.1) is 12.7 Å². The number of hydrogen-bond acceptors (Lipinski definition) is 4. The van der Waals surface area contributed by atoms with E-state index in [2.05, 4.69) is 44.6 Å². The van der Waals surface area contributed by atoms with Crippen molar-refractivity contribution in [3.05, 3.63) is 38.6 Å². The maximum absolute atomic E-state index is 5.40. The van der Waals surface area contributed by atoms with Gasteiger partial charge in [-0.3, -0.25) is 0 Å². The number of thiophene rings is 1. The zero-order valence-electron chi connectivity index (χ0n) is 9.16. The summed E-state index contributed by atoms with van der Waals surface area (Å²) >= 11 is 5.19. The van der Waals surface area contributed by atoms with Crippen LogP contribution in [-0.2, 0) is 6.54 Å². The highest BCUT2D eigenvalue weighted by molar-refractivity contribution is 9.10. The molecule has 0 aliphatic heterocycles. The molecule has 2 rings (SSSR count). The van der Waals surface area contributed by atoms with Crippen LogP contribution in [0.1, 0.15) is 29.5 Å². The van der Waals surface area contributed by atoms with Crippen molar-refractivity contribution in [3.8, 4) is 0 Å². The number of hydrogen-bond donors (Lipinski definition) is 1. The molecule has 0 fully saturated rings. The molecule has 1 unspecified atom stereocenters. The Morgan fingerprint density at radius 2 is 2.44 bits per heavy atom. The van der Waals surface area contributed by atoms with Gasteiger partial charge in [-0.25, -0.2) is 4.98 Å². The van der Waals surface area contributed by atoms with Crippen molar-refractivity contribution in [1.29, 1.82) is 0 Å². The van der Waals surface area contributed by atoms with Crippen LogP contribution in [0.25, 0.3) is 0 Å². The number of nitrogens with one attached hydrogen (secondary N) is 1. The van der Waals surface area contributed by atoms with E-state index >= 15 is 0 Å². The number of rotatable bonds is 4. The van der Waals surface area contributed by atoms with E-state index in [0.29, 0.717) is 12.6 Å². The molecule has 2 heterocycles. The maximum atomic E-state index is 5.40. The second-order valence-corrected chi connectivity index (χ2v) is 5.49.